The highest BCUT2D eigenvalue weighted by Gasteiger charge is 2.25. The van der Waals surface area contributed by atoms with Gasteiger partial charge in [-0.05, 0) is 24.3 Å². The lowest BCUT2D eigenvalue weighted by Gasteiger charge is -2.29. The molecular formula is C18H15N3O4. The quantitative estimate of drug-likeness (QED) is 0.400. The molecule has 1 aliphatic rings. The van der Waals surface area contributed by atoms with Gasteiger partial charge in [-0.2, -0.15) is 0 Å². The highest BCUT2D eigenvalue weighted by molar-refractivity contribution is 6.13. The van der Waals surface area contributed by atoms with Crippen LogP contribution < -0.4 is 10.2 Å². The number of nitro groups is 1. The van der Waals surface area contributed by atoms with Gasteiger partial charge in [0, 0.05) is 42.5 Å². The van der Waals surface area contributed by atoms with Gasteiger partial charge in [0.1, 0.15) is 5.70 Å². The van der Waals surface area contributed by atoms with Crippen molar-refractivity contribution in [3.63, 3.8) is 0 Å². The maximum atomic E-state index is 12.6. The number of non-ortho nitro benzene ring substituents is 1. The third-order valence-corrected chi connectivity index (χ3v) is 3.83. The minimum atomic E-state index is -0.531. The van der Waals surface area contributed by atoms with Gasteiger partial charge >= 0.3 is 0 Å². The summed E-state index contributed by atoms with van der Waals surface area (Å²) in [4.78, 5) is 36.6. The molecule has 0 aromatic heterocycles. The predicted molar refractivity (Wildman–Crippen MR) is 92.3 cm³/mol. The number of nitrogens with zero attached hydrogens (tertiary/aromatic N) is 2. The molecule has 2 aromatic rings. The second kappa shape index (κ2) is 6.96. The lowest BCUT2D eigenvalue weighted by Crippen LogP contribution is -2.46. The molecule has 3 rings (SSSR count). The van der Waals surface area contributed by atoms with Crippen molar-refractivity contribution in [2.24, 2.45) is 0 Å². The summed E-state index contributed by atoms with van der Waals surface area (Å²) < 4.78 is 0. The number of benzene rings is 2. The largest absolute Gasteiger partial charge is 0.379 e. The predicted octanol–water partition coefficient (Wildman–Crippen LogP) is 2.30. The number of allylic oxidation sites excluding steroid dienone is 1. The summed E-state index contributed by atoms with van der Waals surface area (Å²) >= 11 is 0. The van der Waals surface area contributed by atoms with Crippen LogP contribution in [0.2, 0.25) is 0 Å². The molecule has 0 saturated carbocycles. The Morgan fingerprint density at radius 2 is 1.80 bits per heavy atom. The van der Waals surface area contributed by atoms with Crippen LogP contribution in [0.1, 0.15) is 10.4 Å². The molecule has 1 aliphatic heterocycles. The van der Waals surface area contributed by atoms with Crippen molar-refractivity contribution >= 4 is 23.1 Å². The fraction of sp³-hybridized carbons (Fsp3) is 0.111. The number of para-hydroxylation sites is 1. The molecule has 1 fully saturated rings. The van der Waals surface area contributed by atoms with Crippen LogP contribution in [-0.4, -0.2) is 29.7 Å². The SMILES string of the molecule is O=C(/C=C1\NCCN(c2ccccc2)C1=O)c1ccc([N+](=O)[O-])cc1. The van der Waals surface area contributed by atoms with Gasteiger partial charge in [-0.15, -0.1) is 0 Å². The van der Waals surface area contributed by atoms with Crippen molar-refractivity contribution in [2.75, 3.05) is 18.0 Å². The van der Waals surface area contributed by atoms with Crippen molar-refractivity contribution in [1.29, 1.82) is 0 Å². The second-order valence-corrected chi connectivity index (χ2v) is 5.45. The Morgan fingerprint density at radius 1 is 1.12 bits per heavy atom. The van der Waals surface area contributed by atoms with E-state index in [2.05, 4.69) is 5.32 Å². The van der Waals surface area contributed by atoms with Crippen LogP contribution in [0.4, 0.5) is 11.4 Å². The Hall–Kier alpha value is -3.48. The number of rotatable bonds is 4. The van der Waals surface area contributed by atoms with Gasteiger partial charge in [0.2, 0.25) is 0 Å². The number of hydrogen-bond donors (Lipinski definition) is 1. The van der Waals surface area contributed by atoms with E-state index in [1.165, 1.54) is 30.3 Å². The first-order chi connectivity index (χ1) is 12.1. The maximum Gasteiger partial charge on any atom is 0.274 e. The topological polar surface area (TPSA) is 92.6 Å². The van der Waals surface area contributed by atoms with Gasteiger partial charge in [0.15, 0.2) is 5.78 Å². The van der Waals surface area contributed by atoms with Crippen molar-refractivity contribution in [3.8, 4) is 0 Å². The molecule has 0 aliphatic carbocycles. The number of ketones is 1. The lowest BCUT2D eigenvalue weighted by atomic mass is 10.1. The number of carbonyl (C=O) groups is 2. The Bertz CT molecular complexity index is 844. The molecule has 0 bridgehead atoms. The average molecular weight is 337 g/mol. The highest BCUT2D eigenvalue weighted by atomic mass is 16.6. The van der Waals surface area contributed by atoms with Crippen LogP contribution in [0.5, 0.6) is 0 Å². The zero-order valence-electron chi connectivity index (χ0n) is 13.2. The van der Waals surface area contributed by atoms with Crippen LogP contribution >= 0.6 is 0 Å². The van der Waals surface area contributed by atoms with E-state index >= 15 is 0 Å². The van der Waals surface area contributed by atoms with E-state index in [9.17, 15) is 19.7 Å². The third-order valence-electron chi connectivity index (χ3n) is 3.83. The van der Waals surface area contributed by atoms with Crippen molar-refractivity contribution in [2.45, 2.75) is 0 Å². The standard InChI is InChI=1S/C18H15N3O4/c22-17(13-6-8-15(9-7-13)21(24)25)12-16-18(23)20(11-10-19-16)14-4-2-1-3-5-14/h1-9,12,19H,10-11H2/b16-12-. The number of hydrogen-bond acceptors (Lipinski definition) is 5. The van der Waals surface area contributed by atoms with Crippen molar-refractivity contribution in [3.05, 3.63) is 82.0 Å². The van der Waals surface area contributed by atoms with Crippen LogP contribution in [0.3, 0.4) is 0 Å². The molecule has 0 radical (unpaired) electrons. The molecule has 126 valence electrons. The fourth-order valence-corrected chi connectivity index (χ4v) is 2.55. The van der Waals surface area contributed by atoms with E-state index in [0.29, 0.717) is 13.1 Å². The molecule has 1 N–H and O–H groups in total. The van der Waals surface area contributed by atoms with E-state index in [1.807, 2.05) is 30.3 Å². The highest BCUT2D eigenvalue weighted by Crippen LogP contribution is 2.18. The molecule has 7 heteroatoms. The van der Waals surface area contributed by atoms with E-state index in [1.54, 1.807) is 4.90 Å². The summed E-state index contributed by atoms with van der Waals surface area (Å²) in [6.45, 7) is 1.03. The monoisotopic (exact) mass is 337 g/mol. The molecular weight excluding hydrogens is 322 g/mol. The van der Waals surface area contributed by atoms with Gasteiger partial charge in [-0.1, -0.05) is 18.2 Å². The minimum Gasteiger partial charge on any atom is -0.379 e. The summed E-state index contributed by atoms with van der Waals surface area (Å²) in [6, 6.07) is 14.5. The van der Waals surface area contributed by atoms with Crippen LogP contribution in [0, 0.1) is 10.1 Å². The normalized spacial score (nSPS) is 15.8. The second-order valence-electron chi connectivity index (χ2n) is 5.45. The van der Waals surface area contributed by atoms with Crippen LogP contribution in [-0.2, 0) is 4.79 Å². The van der Waals surface area contributed by atoms with Crippen molar-refractivity contribution in [1.82, 2.24) is 5.32 Å². The van der Waals surface area contributed by atoms with Gasteiger partial charge in [0.05, 0.1) is 4.92 Å². The number of piperazine rings is 1. The molecule has 0 spiro atoms. The van der Waals surface area contributed by atoms with Gasteiger partial charge in [-0.3, -0.25) is 19.7 Å². The van der Waals surface area contributed by atoms with Gasteiger partial charge < -0.3 is 10.2 Å². The number of nitrogens with one attached hydrogen (secondary N) is 1. The zero-order chi connectivity index (χ0) is 17.8. The summed E-state index contributed by atoms with van der Waals surface area (Å²) in [6.07, 6.45) is 1.23. The molecule has 1 saturated heterocycles. The molecule has 0 atom stereocenters. The zero-order valence-corrected chi connectivity index (χ0v) is 13.2. The molecule has 25 heavy (non-hydrogen) atoms. The first-order valence-electron chi connectivity index (χ1n) is 7.67. The lowest BCUT2D eigenvalue weighted by molar-refractivity contribution is -0.384. The van der Waals surface area contributed by atoms with E-state index < -0.39 is 4.92 Å². The Labute approximate surface area is 143 Å². The number of amides is 1. The molecule has 2 aromatic carbocycles. The third kappa shape index (κ3) is 3.55. The Balaban J connectivity index is 1.81. The Kier molecular flexibility index (Phi) is 4.56. The fourth-order valence-electron chi connectivity index (χ4n) is 2.55. The van der Waals surface area contributed by atoms with Crippen molar-refractivity contribution < 1.29 is 14.5 Å². The Morgan fingerprint density at radius 3 is 2.44 bits per heavy atom. The first-order valence-corrected chi connectivity index (χ1v) is 7.67. The van der Waals surface area contributed by atoms with Crippen LogP contribution in [0.25, 0.3) is 0 Å². The van der Waals surface area contributed by atoms with E-state index in [4.69, 9.17) is 0 Å². The minimum absolute atomic E-state index is 0.0914. The first kappa shape index (κ1) is 16.4. The van der Waals surface area contributed by atoms with Gasteiger partial charge in [-0.25, -0.2) is 0 Å². The summed E-state index contributed by atoms with van der Waals surface area (Å²) in [5, 5.41) is 13.6. The summed E-state index contributed by atoms with van der Waals surface area (Å²) in [5.41, 5.74) is 1.16. The van der Waals surface area contributed by atoms with E-state index in [-0.39, 0.29) is 28.6 Å². The van der Waals surface area contributed by atoms with Gasteiger partial charge in [0.25, 0.3) is 11.6 Å². The molecule has 1 amide bonds. The molecule has 0 unspecified atom stereocenters. The van der Waals surface area contributed by atoms with Crippen LogP contribution in [0.15, 0.2) is 66.4 Å². The molecule has 7 nitrogen and oxygen atoms in total. The summed E-state index contributed by atoms with van der Waals surface area (Å²) in [7, 11) is 0. The maximum absolute atomic E-state index is 12.6. The number of anilines is 1. The number of carbonyl (C=O) groups excluding carboxylic acids is 2. The average Bonchev–Trinajstić information content (AvgIpc) is 2.64. The summed E-state index contributed by atoms with van der Waals surface area (Å²) in [5.74, 6) is -0.673. The smallest absolute Gasteiger partial charge is 0.274 e. The van der Waals surface area contributed by atoms with E-state index in [0.717, 1.165) is 5.69 Å². The molecule has 1 heterocycles. The number of nitro benzene ring substituents is 1.